The predicted octanol–water partition coefficient (Wildman–Crippen LogP) is 3.96. The van der Waals surface area contributed by atoms with Gasteiger partial charge in [0.15, 0.2) is 0 Å². The third-order valence-electron chi connectivity index (χ3n) is 4.70. The molecule has 2 saturated carbocycles. The number of carbonyl (C=O) groups is 1. The molecule has 0 spiro atoms. The van der Waals surface area contributed by atoms with Crippen molar-refractivity contribution in [2.45, 2.75) is 58.5 Å². The van der Waals surface area contributed by atoms with Gasteiger partial charge in [-0.1, -0.05) is 45.0 Å². The van der Waals surface area contributed by atoms with E-state index in [4.69, 9.17) is 0 Å². The Balaban J connectivity index is 1.68. The van der Waals surface area contributed by atoms with Gasteiger partial charge in [0.1, 0.15) is 0 Å². The van der Waals surface area contributed by atoms with Crippen molar-refractivity contribution in [1.82, 2.24) is 4.90 Å². The van der Waals surface area contributed by atoms with Crippen LogP contribution in [0.3, 0.4) is 0 Å². The van der Waals surface area contributed by atoms with Gasteiger partial charge in [-0.25, -0.2) is 0 Å². The molecule has 1 aromatic rings. The summed E-state index contributed by atoms with van der Waals surface area (Å²) in [6.07, 6.45) is 3.47. The molecule has 1 amide bonds. The Bertz CT molecular complexity index is 487. The van der Waals surface area contributed by atoms with E-state index in [-0.39, 0.29) is 0 Å². The van der Waals surface area contributed by atoms with Crippen LogP contribution in [-0.2, 0) is 11.3 Å². The first-order valence-electron chi connectivity index (χ1n) is 7.95. The topological polar surface area (TPSA) is 20.3 Å². The third kappa shape index (κ3) is 2.89. The molecule has 0 heterocycles. The van der Waals surface area contributed by atoms with Crippen molar-refractivity contribution in [1.29, 1.82) is 0 Å². The van der Waals surface area contributed by atoms with Gasteiger partial charge < -0.3 is 4.90 Å². The zero-order valence-electron chi connectivity index (χ0n) is 12.8. The van der Waals surface area contributed by atoms with E-state index in [9.17, 15) is 4.79 Å². The van der Waals surface area contributed by atoms with Gasteiger partial charge in [0.2, 0.25) is 5.91 Å². The van der Waals surface area contributed by atoms with Crippen LogP contribution in [0.4, 0.5) is 0 Å². The van der Waals surface area contributed by atoms with Crippen LogP contribution in [0.5, 0.6) is 0 Å². The molecule has 1 aromatic carbocycles. The first-order valence-corrected chi connectivity index (χ1v) is 7.95. The molecule has 0 bridgehead atoms. The summed E-state index contributed by atoms with van der Waals surface area (Å²) >= 11 is 0. The lowest BCUT2D eigenvalue weighted by Gasteiger charge is -2.23. The molecule has 20 heavy (non-hydrogen) atoms. The average Bonchev–Trinajstić information content (AvgIpc) is 3.32. The molecule has 2 fully saturated rings. The molecule has 0 N–H and O–H groups in total. The van der Waals surface area contributed by atoms with Crippen LogP contribution >= 0.6 is 0 Å². The average molecular weight is 271 g/mol. The molecule has 108 valence electrons. The van der Waals surface area contributed by atoms with Crippen molar-refractivity contribution in [3.05, 3.63) is 35.4 Å². The second-order valence-corrected chi connectivity index (χ2v) is 6.91. The largest absolute Gasteiger partial charge is 0.335 e. The third-order valence-corrected chi connectivity index (χ3v) is 4.70. The van der Waals surface area contributed by atoms with Crippen LogP contribution in [0, 0.1) is 11.8 Å². The van der Waals surface area contributed by atoms with Crippen LogP contribution in [-0.4, -0.2) is 16.8 Å². The SMILES string of the molecule is CC(C)c1ccc(CN(C(=O)[C@@H]2C[C@H]2C)C2CC2)cc1. The molecule has 0 unspecified atom stereocenters. The monoisotopic (exact) mass is 271 g/mol. The Morgan fingerprint density at radius 3 is 2.30 bits per heavy atom. The van der Waals surface area contributed by atoms with Crippen LogP contribution in [0.15, 0.2) is 24.3 Å². The maximum absolute atomic E-state index is 12.5. The molecule has 2 atom stereocenters. The summed E-state index contributed by atoms with van der Waals surface area (Å²) in [5.41, 5.74) is 2.64. The van der Waals surface area contributed by atoms with Crippen molar-refractivity contribution in [3.8, 4) is 0 Å². The zero-order valence-corrected chi connectivity index (χ0v) is 12.8. The molecule has 2 heteroatoms. The van der Waals surface area contributed by atoms with Crippen molar-refractivity contribution in [2.24, 2.45) is 11.8 Å². The van der Waals surface area contributed by atoms with Crippen LogP contribution in [0.2, 0.25) is 0 Å². The van der Waals surface area contributed by atoms with Crippen molar-refractivity contribution >= 4 is 5.91 Å². The first-order chi connectivity index (χ1) is 9.56. The maximum Gasteiger partial charge on any atom is 0.226 e. The minimum Gasteiger partial charge on any atom is -0.335 e. The molecular weight excluding hydrogens is 246 g/mol. The van der Waals surface area contributed by atoms with E-state index in [2.05, 4.69) is 49.9 Å². The Hall–Kier alpha value is -1.31. The van der Waals surface area contributed by atoms with Gasteiger partial charge in [0.05, 0.1) is 0 Å². The summed E-state index contributed by atoms with van der Waals surface area (Å²) < 4.78 is 0. The Kier molecular flexibility index (Phi) is 3.57. The number of rotatable bonds is 5. The van der Waals surface area contributed by atoms with E-state index in [0.29, 0.717) is 29.7 Å². The smallest absolute Gasteiger partial charge is 0.226 e. The number of hydrogen-bond acceptors (Lipinski definition) is 1. The van der Waals surface area contributed by atoms with Crippen molar-refractivity contribution in [3.63, 3.8) is 0 Å². The minimum atomic E-state index is 0.311. The zero-order chi connectivity index (χ0) is 14.3. The standard InChI is InChI=1S/C18H25NO/c1-12(2)15-6-4-14(5-7-15)11-19(16-8-9-16)18(20)17-10-13(17)3/h4-7,12-13,16-17H,8-11H2,1-3H3/t13-,17-/m1/s1. The predicted molar refractivity (Wildman–Crippen MR) is 81.4 cm³/mol. The van der Waals surface area contributed by atoms with Crippen LogP contribution < -0.4 is 0 Å². The Labute approximate surface area is 122 Å². The van der Waals surface area contributed by atoms with Gasteiger partial charge in [-0.15, -0.1) is 0 Å². The lowest BCUT2D eigenvalue weighted by molar-refractivity contribution is -0.134. The Morgan fingerprint density at radius 1 is 1.25 bits per heavy atom. The number of nitrogens with zero attached hydrogens (tertiary/aromatic N) is 1. The van der Waals surface area contributed by atoms with E-state index in [0.717, 1.165) is 13.0 Å². The molecular formula is C18H25NO. The Morgan fingerprint density at radius 2 is 1.85 bits per heavy atom. The maximum atomic E-state index is 12.5. The van der Waals surface area contributed by atoms with Gasteiger partial charge in [0, 0.05) is 18.5 Å². The summed E-state index contributed by atoms with van der Waals surface area (Å²) in [4.78, 5) is 14.6. The normalized spacial score (nSPS) is 24.8. The molecule has 3 rings (SSSR count). The lowest BCUT2D eigenvalue weighted by Crippen LogP contribution is -2.34. The summed E-state index contributed by atoms with van der Waals surface area (Å²) in [7, 11) is 0. The highest BCUT2D eigenvalue weighted by Gasteiger charge is 2.44. The number of benzene rings is 1. The first kappa shape index (κ1) is 13.7. The fourth-order valence-corrected chi connectivity index (χ4v) is 2.86. The summed E-state index contributed by atoms with van der Waals surface area (Å²) in [6.45, 7) is 7.41. The number of hydrogen-bond donors (Lipinski definition) is 0. The minimum absolute atomic E-state index is 0.311. The fourth-order valence-electron chi connectivity index (χ4n) is 2.86. The van der Waals surface area contributed by atoms with E-state index in [1.54, 1.807) is 0 Å². The molecule has 0 aromatic heterocycles. The van der Waals surface area contributed by atoms with E-state index in [1.807, 2.05) is 0 Å². The summed E-state index contributed by atoms with van der Waals surface area (Å²) in [5, 5.41) is 0. The molecule has 0 radical (unpaired) electrons. The molecule has 0 saturated heterocycles. The van der Waals surface area contributed by atoms with Gasteiger partial charge in [-0.05, 0) is 42.2 Å². The lowest BCUT2D eigenvalue weighted by atomic mass is 10.0. The van der Waals surface area contributed by atoms with Crippen LogP contribution in [0.25, 0.3) is 0 Å². The van der Waals surface area contributed by atoms with Gasteiger partial charge in [0.25, 0.3) is 0 Å². The molecule has 2 nitrogen and oxygen atoms in total. The van der Waals surface area contributed by atoms with E-state index < -0.39 is 0 Å². The summed E-state index contributed by atoms with van der Waals surface area (Å²) in [6, 6.07) is 9.30. The molecule has 2 aliphatic carbocycles. The van der Waals surface area contributed by atoms with Crippen molar-refractivity contribution in [2.75, 3.05) is 0 Å². The quantitative estimate of drug-likeness (QED) is 0.794. The van der Waals surface area contributed by atoms with E-state index in [1.165, 1.54) is 24.0 Å². The van der Waals surface area contributed by atoms with Gasteiger partial charge >= 0.3 is 0 Å². The van der Waals surface area contributed by atoms with E-state index >= 15 is 0 Å². The van der Waals surface area contributed by atoms with Gasteiger partial charge in [-0.2, -0.15) is 0 Å². The molecule has 0 aliphatic heterocycles. The summed E-state index contributed by atoms with van der Waals surface area (Å²) in [5.74, 6) is 1.88. The van der Waals surface area contributed by atoms with Crippen LogP contribution in [0.1, 0.15) is 57.1 Å². The second-order valence-electron chi connectivity index (χ2n) is 6.91. The highest BCUT2D eigenvalue weighted by molar-refractivity contribution is 5.82. The van der Waals surface area contributed by atoms with Gasteiger partial charge in [-0.3, -0.25) is 4.79 Å². The number of amides is 1. The fraction of sp³-hybridized carbons (Fsp3) is 0.611. The second kappa shape index (κ2) is 5.23. The highest BCUT2D eigenvalue weighted by Crippen LogP contribution is 2.42. The highest BCUT2D eigenvalue weighted by atomic mass is 16.2. The number of carbonyl (C=O) groups excluding carboxylic acids is 1. The molecule has 2 aliphatic rings. The van der Waals surface area contributed by atoms with Crippen molar-refractivity contribution < 1.29 is 4.79 Å².